The van der Waals surface area contributed by atoms with Crippen LogP contribution in [0.5, 0.6) is 34.5 Å². The number of phenolic OH excluding ortho intramolecular Hbond substituents is 1. The molecular weight excluding hydrogens is 396 g/mol. The van der Waals surface area contributed by atoms with E-state index in [9.17, 15) is 15.0 Å². The van der Waals surface area contributed by atoms with Gasteiger partial charge in [-0.15, -0.1) is 0 Å². The van der Waals surface area contributed by atoms with Gasteiger partial charge in [0.15, 0.2) is 35.0 Å². The highest BCUT2D eigenvalue weighted by molar-refractivity contribution is 5.88. The van der Waals surface area contributed by atoms with Gasteiger partial charge < -0.3 is 38.3 Å². The Morgan fingerprint density at radius 3 is 2.27 bits per heavy atom. The third-order valence-corrected chi connectivity index (χ3v) is 4.85. The summed E-state index contributed by atoms with van der Waals surface area (Å²) < 4.78 is 33.4. The number of hydrogen-bond donors (Lipinski definition) is 2. The number of phenols is 1. The summed E-state index contributed by atoms with van der Waals surface area (Å²) in [6, 6.07) is 7.49. The van der Waals surface area contributed by atoms with E-state index in [0.29, 0.717) is 28.2 Å². The summed E-state index contributed by atoms with van der Waals surface area (Å²) in [6.07, 6.45) is -1.69. The maximum atomic E-state index is 11.8. The van der Waals surface area contributed by atoms with Crippen LogP contribution in [0.3, 0.4) is 0 Å². The van der Waals surface area contributed by atoms with Crippen LogP contribution in [-0.4, -0.2) is 44.3 Å². The molecule has 1 aliphatic heterocycles. The van der Waals surface area contributed by atoms with E-state index in [2.05, 4.69) is 0 Å². The summed E-state index contributed by atoms with van der Waals surface area (Å²) in [4.78, 5) is 11.8. The van der Waals surface area contributed by atoms with Gasteiger partial charge >= 0.3 is 5.63 Å². The normalized spacial score (nSPS) is 17.6. The number of aromatic hydroxyl groups is 1. The highest BCUT2D eigenvalue weighted by Crippen LogP contribution is 2.50. The zero-order chi connectivity index (χ0) is 21.4. The van der Waals surface area contributed by atoms with Crippen LogP contribution < -0.4 is 29.3 Å². The molecule has 0 fully saturated rings. The molecular formula is C21H20O9. The predicted octanol–water partition coefficient (Wildman–Crippen LogP) is 2.40. The van der Waals surface area contributed by atoms with Crippen molar-refractivity contribution in [2.75, 3.05) is 27.9 Å². The van der Waals surface area contributed by atoms with Crippen LogP contribution in [0.25, 0.3) is 11.0 Å². The number of aliphatic hydroxyl groups is 1. The molecule has 2 heterocycles. The van der Waals surface area contributed by atoms with Crippen molar-refractivity contribution in [2.24, 2.45) is 0 Å². The van der Waals surface area contributed by atoms with E-state index >= 15 is 0 Å². The van der Waals surface area contributed by atoms with Crippen LogP contribution in [0.15, 0.2) is 39.5 Å². The molecule has 0 unspecified atom stereocenters. The molecule has 0 spiro atoms. The van der Waals surface area contributed by atoms with Crippen LogP contribution in [0.2, 0.25) is 0 Å². The first-order valence-corrected chi connectivity index (χ1v) is 9.04. The highest BCUT2D eigenvalue weighted by Gasteiger charge is 2.37. The number of rotatable bonds is 5. The van der Waals surface area contributed by atoms with Crippen LogP contribution >= 0.6 is 0 Å². The zero-order valence-corrected chi connectivity index (χ0v) is 16.5. The Bertz CT molecular complexity index is 1130. The molecule has 2 N–H and O–H groups in total. The van der Waals surface area contributed by atoms with Gasteiger partial charge in [-0.25, -0.2) is 4.79 Å². The molecule has 0 aliphatic carbocycles. The fourth-order valence-electron chi connectivity index (χ4n) is 3.47. The summed E-state index contributed by atoms with van der Waals surface area (Å²) in [5.41, 5.74) is 0.112. The Hall–Kier alpha value is -3.59. The van der Waals surface area contributed by atoms with Crippen molar-refractivity contribution in [1.29, 1.82) is 0 Å². The van der Waals surface area contributed by atoms with Crippen molar-refractivity contribution < 1.29 is 38.3 Å². The van der Waals surface area contributed by atoms with Crippen molar-refractivity contribution in [3.8, 4) is 34.5 Å². The summed E-state index contributed by atoms with van der Waals surface area (Å²) in [5.74, 6) is 1.03. The molecule has 1 aromatic heterocycles. The number of ether oxygens (including phenoxy) is 5. The van der Waals surface area contributed by atoms with Gasteiger partial charge in [-0.2, -0.15) is 0 Å². The maximum absolute atomic E-state index is 11.8. The SMILES string of the molecule is COc1cc([C@H]2Oc3c(c(O)cc4ccc(=O)oc34)O[C@@H]2CO)cc(OC)c1OC. The lowest BCUT2D eigenvalue weighted by Gasteiger charge is -2.34. The van der Waals surface area contributed by atoms with Crippen LogP contribution in [0.1, 0.15) is 11.7 Å². The van der Waals surface area contributed by atoms with Crippen molar-refractivity contribution in [2.45, 2.75) is 12.2 Å². The topological polar surface area (TPSA) is 117 Å². The van der Waals surface area contributed by atoms with Gasteiger partial charge in [0, 0.05) is 17.0 Å². The Labute approximate surface area is 170 Å². The zero-order valence-electron chi connectivity index (χ0n) is 16.5. The van der Waals surface area contributed by atoms with Gasteiger partial charge in [0.1, 0.15) is 0 Å². The molecule has 9 heteroatoms. The predicted molar refractivity (Wildman–Crippen MR) is 105 cm³/mol. The van der Waals surface area contributed by atoms with Crippen LogP contribution in [0.4, 0.5) is 0 Å². The van der Waals surface area contributed by atoms with Crippen molar-refractivity contribution >= 4 is 11.0 Å². The second-order valence-corrected chi connectivity index (χ2v) is 6.56. The van der Waals surface area contributed by atoms with Crippen LogP contribution in [0, 0.1) is 0 Å². The fraction of sp³-hybridized carbons (Fsp3) is 0.286. The molecule has 2 atom stereocenters. The summed E-state index contributed by atoms with van der Waals surface area (Å²) in [6.45, 7) is -0.406. The standard InChI is InChI=1S/C21H20O9/c1-25-13-7-11(8-14(26-2)20(13)27-3)17-15(9-22)28-19-12(23)6-10-4-5-16(24)29-18(10)21(19)30-17/h4-8,15,17,22-23H,9H2,1-3H3/t15-,17-/m1/s1. The average Bonchev–Trinajstić information content (AvgIpc) is 2.77. The van der Waals surface area contributed by atoms with Gasteiger partial charge in [0.25, 0.3) is 0 Å². The smallest absolute Gasteiger partial charge is 0.336 e. The van der Waals surface area contributed by atoms with E-state index in [1.165, 1.54) is 39.5 Å². The molecule has 158 valence electrons. The molecule has 0 saturated heterocycles. The Kier molecular flexibility index (Phi) is 5.04. The van der Waals surface area contributed by atoms with E-state index in [1.54, 1.807) is 12.1 Å². The Morgan fingerprint density at radius 1 is 0.967 bits per heavy atom. The van der Waals surface area contributed by atoms with Crippen LogP contribution in [-0.2, 0) is 0 Å². The second kappa shape index (κ2) is 7.68. The van der Waals surface area contributed by atoms with Crippen molar-refractivity contribution in [3.05, 3.63) is 46.3 Å². The Balaban J connectivity index is 1.89. The van der Waals surface area contributed by atoms with Gasteiger partial charge in [-0.05, 0) is 24.3 Å². The molecule has 0 saturated carbocycles. The largest absolute Gasteiger partial charge is 0.504 e. The molecule has 1 aliphatic rings. The first-order valence-electron chi connectivity index (χ1n) is 9.04. The minimum atomic E-state index is -0.862. The lowest BCUT2D eigenvalue weighted by atomic mass is 10.0. The second-order valence-electron chi connectivity index (χ2n) is 6.56. The monoisotopic (exact) mass is 416 g/mol. The van der Waals surface area contributed by atoms with E-state index in [0.717, 1.165) is 0 Å². The Morgan fingerprint density at radius 2 is 1.67 bits per heavy atom. The lowest BCUT2D eigenvalue weighted by Crippen LogP contribution is -2.36. The first-order chi connectivity index (χ1) is 14.5. The van der Waals surface area contributed by atoms with Crippen molar-refractivity contribution in [3.63, 3.8) is 0 Å². The van der Waals surface area contributed by atoms with E-state index < -0.39 is 24.4 Å². The molecule has 9 nitrogen and oxygen atoms in total. The molecule has 0 radical (unpaired) electrons. The third kappa shape index (κ3) is 3.13. The summed E-state index contributed by atoms with van der Waals surface area (Å²) in [7, 11) is 4.46. The van der Waals surface area contributed by atoms with Gasteiger partial charge in [0.05, 0.1) is 27.9 Å². The lowest BCUT2D eigenvalue weighted by molar-refractivity contribution is -0.0137. The summed E-state index contributed by atoms with van der Waals surface area (Å²) >= 11 is 0. The average molecular weight is 416 g/mol. The molecule has 2 aromatic carbocycles. The van der Waals surface area contributed by atoms with Gasteiger partial charge in [0.2, 0.25) is 17.2 Å². The molecule has 0 amide bonds. The van der Waals surface area contributed by atoms with Gasteiger partial charge in [-0.1, -0.05) is 0 Å². The number of benzene rings is 2. The summed E-state index contributed by atoms with van der Waals surface area (Å²) in [5, 5.41) is 20.7. The molecule has 30 heavy (non-hydrogen) atoms. The first kappa shape index (κ1) is 19.7. The van der Waals surface area contributed by atoms with E-state index in [-0.39, 0.29) is 22.8 Å². The molecule has 4 rings (SSSR count). The quantitative estimate of drug-likeness (QED) is 0.605. The number of fused-ring (bicyclic) bond motifs is 3. The number of aliphatic hydroxyl groups excluding tert-OH is 1. The number of hydrogen-bond acceptors (Lipinski definition) is 9. The fourth-order valence-corrected chi connectivity index (χ4v) is 3.47. The minimum absolute atomic E-state index is 0.0143. The maximum Gasteiger partial charge on any atom is 0.336 e. The van der Waals surface area contributed by atoms with E-state index in [4.69, 9.17) is 28.1 Å². The highest BCUT2D eigenvalue weighted by atomic mass is 16.6. The molecule has 0 bridgehead atoms. The van der Waals surface area contributed by atoms with Crippen molar-refractivity contribution in [1.82, 2.24) is 0 Å². The molecule has 3 aromatic rings. The number of methoxy groups -OCH3 is 3. The minimum Gasteiger partial charge on any atom is -0.504 e. The third-order valence-electron chi connectivity index (χ3n) is 4.85. The van der Waals surface area contributed by atoms with E-state index in [1.807, 2.05) is 0 Å². The van der Waals surface area contributed by atoms with Gasteiger partial charge in [-0.3, -0.25) is 0 Å².